The number of aromatic nitrogens is 1. The molecule has 1 aromatic heterocycles. The van der Waals surface area contributed by atoms with Crippen LogP contribution in [-0.2, 0) is 10.7 Å². The lowest BCUT2D eigenvalue weighted by atomic mass is 9.86. The number of nitrogens with two attached hydrogens (primary N) is 1. The van der Waals surface area contributed by atoms with Crippen LogP contribution in [0.1, 0.15) is 18.4 Å². The summed E-state index contributed by atoms with van der Waals surface area (Å²) < 4.78 is 40.5. The van der Waals surface area contributed by atoms with Crippen LogP contribution in [0.2, 0.25) is 0 Å². The fourth-order valence-electron chi connectivity index (χ4n) is 2.40. The predicted octanol–water partition coefficient (Wildman–Crippen LogP) is 1.57. The van der Waals surface area contributed by atoms with E-state index in [1.54, 1.807) is 0 Å². The number of pyridine rings is 1. The summed E-state index contributed by atoms with van der Waals surface area (Å²) in [6.07, 6.45) is 1.75. The van der Waals surface area contributed by atoms with Gasteiger partial charge in [-0.3, -0.25) is 9.69 Å². The highest BCUT2D eigenvalue weighted by Crippen LogP contribution is 2.46. The van der Waals surface area contributed by atoms with E-state index in [9.17, 15) is 18.0 Å². The number of halogens is 4. The van der Waals surface area contributed by atoms with E-state index in [0.29, 0.717) is 18.9 Å². The second-order valence-electron chi connectivity index (χ2n) is 4.66. The van der Waals surface area contributed by atoms with Crippen molar-refractivity contribution in [1.29, 1.82) is 0 Å². The van der Waals surface area contributed by atoms with Gasteiger partial charge in [0.1, 0.15) is 11.6 Å². The number of carbonyl (C=O) groups excluding carboxylic acids is 1. The molecule has 2 aliphatic rings. The Bertz CT molecular complexity index is 534. The first kappa shape index (κ1) is 14.1. The third-order valence-electron chi connectivity index (χ3n) is 3.40. The van der Waals surface area contributed by atoms with Crippen molar-refractivity contribution in [2.24, 2.45) is 5.73 Å². The van der Waals surface area contributed by atoms with Gasteiger partial charge in [-0.2, -0.15) is 8.78 Å². The van der Waals surface area contributed by atoms with E-state index in [2.05, 4.69) is 4.98 Å². The van der Waals surface area contributed by atoms with Gasteiger partial charge in [0.05, 0.1) is 11.8 Å². The Morgan fingerprint density at radius 1 is 1.42 bits per heavy atom. The summed E-state index contributed by atoms with van der Waals surface area (Å²) in [5.74, 6) is -6.08. The molecule has 1 fully saturated rings. The van der Waals surface area contributed by atoms with Gasteiger partial charge in [0.25, 0.3) is 0 Å². The van der Waals surface area contributed by atoms with E-state index >= 15 is 0 Å². The summed E-state index contributed by atoms with van der Waals surface area (Å²) in [6.45, 7) is 0. The standard InChI is InChI=1S/C11H10F3N3O.ClH/c12-5-1-8-9(16-4-5)17(7-2-6(15)3-7)10(18)11(8,13)14;/h1,4,6-7H,2-3,15H2;1H/t6-,7-;. The molecule has 1 aromatic rings. The number of alkyl halides is 2. The van der Waals surface area contributed by atoms with Crippen molar-refractivity contribution in [2.45, 2.75) is 30.8 Å². The van der Waals surface area contributed by atoms with Crippen LogP contribution in [0.25, 0.3) is 0 Å². The molecule has 0 bridgehead atoms. The first-order valence-corrected chi connectivity index (χ1v) is 5.54. The molecule has 0 spiro atoms. The first-order valence-electron chi connectivity index (χ1n) is 5.54. The van der Waals surface area contributed by atoms with Crippen LogP contribution < -0.4 is 10.6 Å². The van der Waals surface area contributed by atoms with Gasteiger partial charge in [0, 0.05) is 12.1 Å². The Hall–Kier alpha value is -1.34. The number of fused-ring (bicyclic) bond motifs is 1. The van der Waals surface area contributed by atoms with Crippen molar-refractivity contribution in [2.75, 3.05) is 4.90 Å². The summed E-state index contributed by atoms with van der Waals surface area (Å²) in [5.41, 5.74) is 4.93. The van der Waals surface area contributed by atoms with Gasteiger partial charge in [-0.05, 0) is 18.9 Å². The fourth-order valence-corrected chi connectivity index (χ4v) is 2.40. The van der Waals surface area contributed by atoms with Crippen molar-refractivity contribution >= 4 is 24.1 Å². The summed E-state index contributed by atoms with van der Waals surface area (Å²) in [7, 11) is 0. The lowest BCUT2D eigenvalue weighted by Crippen LogP contribution is -2.53. The van der Waals surface area contributed by atoms with Gasteiger partial charge in [0.15, 0.2) is 0 Å². The van der Waals surface area contributed by atoms with Gasteiger partial charge >= 0.3 is 11.8 Å². The molecule has 0 atom stereocenters. The van der Waals surface area contributed by atoms with Crippen LogP contribution in [0.5, 0.6) is 0 Å². The summed E-state index contributed by atoms with van der Waals surface area (Å²) in [5, 5.41) is 0. The van der Waals surface area contributed by atoms with E-state index in [4.69, 9.17) is 5.73 Å². The van der Waals surface area contributed by atoms with Crippen LogP contribution >= 0.6 is 12.4 Å². The Morgan fingerprint density at radius 2 is 2.05 bits per heavy atom. The molecule has 4 nitrogen and oxygen atoms in total. The van der Waals surface area contributed by atoms with E-state index in [1.807, 2.05) is 0 Å². The van der Waals surface area contributed by atoms with Crippen molar-refractivity contribution < 1.29 is 18.0 Å². The predicted molar refractivity (Wildman–Crippen MR) is 63.8 cm³/mol. The molecule has 0 radical (unpaired) electrons. The zero-order valence-electron chi connectivity index (χ0n) is 9.65. The number of hydrogen-bond acceptors (Lipinski definition) is 3. The molecule has 104 valence electrons. The number of nitrogens with zero attached hydrogens (tertiary/aromatic N) is 2. The van der Waals surface area contributed by atoms with Crippen molar-refractivity contribution in [3.8, 4) is 0 Å². The largest absolute Gasteiger partial charge is 0.354 e. The number of carbonyl (C=O) groups is 1. The Balaban J connectivity index is 0.00000133. The molecule has 0 unspecified atom stereocenters. The highest BCUT2D eigenvalue weighted by atomic mass is 35.5. The maximum absolute atomic E-state index is 13.7. The normalized spacial score (nSPS) is 27.6. The summed E-state index contributed by atoms with van der Waals surface area (Å²) in [6, 6.07) is 0.220. The van der Waals surface area contributed by atoms with Crippen molar-refractivity contribution in [3.05, 3.63) is 23.6 Å². The minimum absolute atomic E-state index is 0. The number of rotatable bonds is 1. The Kier molecular flexibility index (Phi) is 3.22. The van der Waals surface area contributed by atoms with Crippen LogP contribution in [0.3, 0.4) is 0 Å². The SMILES string of the molecule is Cl.N[C@H]1C[C@H](N2C(=O)C(F)(F)c3cc(F)cnc32)C1. The van der Waals surface area contributed by atoms with Crippen LogP contribution in [0.4, 0.5) is 19.0 Å². The lowest BCUT2D eigenvalue weighted by Gasteiger charge is -2.38. The Labute approximate surface area is 113 Å². The number of amides is 1. The number of hydrogen-bond donors (Lipinski definition) is 1. The van der Waals surface area contributed by atoms with Gasteiger partial charge in [-0.15, -0.1) is 12.4 Å². The summed E-state index contributed by atoms with van der Waals surface area (Å²) >= 11 is 0. The highest BCUT2D eigenvalue weighted by molar-refractivity contribution is 6.05. The molecule has 0 aromatic carbocycles. The molecule has 2 N–H and O–H groups in total. The molecule has 1 amide bonds. The van der Waals surface area contributed by atoms with Crippen molar-refractivity contribution in [3.63, 3.8) is 0 Å². The number of anilines is 1. The first-order chi connectivity index (χ1) is 8.41. The van der Waals surface area contributed by atoms with E-state index in [-0.39, 0.29) is 30.3 Å². The molecule has 1 aliphatic carbocycles. The summed E-state index contributed by atoms with van der Waals surface area (Å²) in [4.78, 5) is 16.3. The van der Waals surface area contributed by atoms with Gasteiger partial charge in [-0.1, -0.05) is 0 Å². The van der Waals surface area contributed by atoms with Crippen LogP contribution in [0, 0.1) is 5.82 Å². The van der Waals surface area contributed by atoms with Crippen LogP contribution in [-0.4, -0.2) is 23.0 Å². The quantitative estimate of drug-likeness (QED) is 0.855. The van der Waals surface area contributed by atoms with Gasteiger partial charge in [0.2, 0.25) is 0 Å². The smallest absolute Gasteiger partial charge is 0.328 e. The lowest BCUT2D eigenvalue weighted by molar-refractivity contribution is -0.142. The maximum Gasteiger partial charge on any atom is 0.354 e. The van der Waals surface area contributed by atoms with E-state index in [0.717, 1.165) is 11.1 Å². The second kappa shape index (κ2) is 4.35. The molecule has 19 heavy (non-hydrogen) atoms. The van der Waals surface area contributed by atoms with E-state index in [1.165, 1.54) is 0 Å². The molecule has 1 aliphatic heterocycles. The minimum atomic E-state index is -3.70. The molecule has 1 saturated carbocycles. The molecule has 2 heterocycles. The second-order valence-corrected chi connectivity index (χ2v) is 4.66. The molecular formula is C11H11ClF3N3O. The monoisotopic (exact) mass is 293 g/mol. The topological polar surface area (TPSA) is 59.2 Å². The minimum Gasteiger partial charge on any atom is -0.328 e. The molecule has 0 saturated heterocycles. The van der Waals surface area contributed by atoms with Crippen LogP contribution in [0.15, 0.2) is 12.3 Å². The molecule has 3 rings (SSSR count). The average Bonchev–Trinajstić information content (AvgIpc) is 2.45. The van der Waals surface area contributed by atoms with Gasteiger partial charge < -0.3 is 5.73 Å². The zero-order chi connectivity index (χ0) is 13.1. The molecular weight excluding hydrogens is 283 g/mol. The van der Waals surface area contributed by atoms with E-state index < -0.39 is 23.2 Å². The van der Waals surface area contributed by atoms with Gasteiger partial charge in [-0.25, -0.2) is 9.37 Å². The third-order valence-corrected chi connectivity index (χ3v) is 3.40. The highest BCUT2D eigenvalue weighted by Gasteiger charge is 2.57. The maximum atomic E-state index is 13.7. The van der Waals surface area contributed by atoms with Crippen molar-refractivity contribution in [1.82, 2.24) is 4.98 Å². The zero-order valence-corrected chi connectivity index (χ0v) is 10.5. The fraction of sp³-hybridized carbons (Fsp3) is 0.455. The molecule has 8 heteroatoms. The average molecular weight is 294 g/mol. The Morgan fingerprint density at radius 3 is 2.63 bits per heavy atom. The third kappa shape index (κ3) is 1.88.